The molecule has 4 aliphatic heterocycles. The fraction of sp³-hybridized carbons (Fsp3) is 0.647. The van der Waals surface area contributed by atoms with Crippen molar-refractivity contribution in [3.63, 3.8) is 0 Å². The fourth-order valence-corrected chi connectivity index (χ4v) is 8.54. The Labute approximate surface area is 246 Å². The molecule has 4 saturated heterocycles. The van der Waals surface area contributed by atoms with Crippen LogP contribution in [-0.4, -0.2) is 77.3 Å². The van der Waals surface area contributed by atoms with Gasteiger partial charge in [0.05, 0.1) is 26.4 Å². The van der Waals surface area contributed by atoms with Crippen molar-refractivity contribution in [3.8, 4) is 23.0 Å². The second kappa shape index (κ2) is 10.3. The Morgan fingerprint density at radius 2 is 0.905 bits per heavy atom. The average Bonchev–Trinajstić information content (AvgIpc) is 3.81. The third kappa shape index (κ3) is 4.84. The van der Waals surface area contributed by atoms with E-state index in [-0.39, 0.29) is 29.8 Å². The van der Waals surface area contributed by atoms with Gasteiger partial charge in [-0.05, 0) is 67.9 Å². The molecule has 0 spiro atoms. The molecule has 4 aliphatic carbocycles. The Hall–Kier alpha value is -2.52. The first kappa shape index (κ1) is 25.9. The Morgan fingerprint density at radius 3 is 1.29 bits per heavy atom. The molecule has 10 rings (SSSR count). The van der Waals surface area contributed by atoms with Crippen LogP contribution in [0.2, 0.25) is 0 Å². The van der Waals surface area contributed by atoms with Crippen molar-refractivity contribution in [2.24, 2.45) is 23.7 Å². The molecule has 8 fully saturated rings. The summed E-state index contributed by atoms with van der Waals surface area (Å²) in [7, 11) is 0. The molecule has 8 nitrogen and oxygen atoms in total. The lowest BCUT2D eigenvalue weighted by molar-refractivity contribution is -0.0440. The lowest BCUT2D eigenvalue weighted by atomic mass is 9.42. The van der Waals surface area contributed by atoms with Crippen LogP contribution < -0.4 is 18.9 Å². The normalized spacial score (nSPS) is 38.2. The quantitative estimate of drug-likeness (QED) is 0.303. The second-order valence-electron chi connectivity index (χ2n) is 13.5. The van der Waals surface area contributed by atoms with Gasteiger partial charge in [-0.1, -0.05) is 24.3 Å². The van der Waals surface area contributed by atoms with E-state index in [2.05, 4.69) is 36.4 Å². The molecule has 224 valence electrons. The molecule has 0 radical (unpaired) electrons. The zero-order valence-electron chi connectivity index (χ0n) is 24.0. The van der Waals surface area contributed by atoms with E-state index < -0.39 is 0 Å². The lowest BCUT2D eigenvalue weighted by Gasteiger charge is -2.62. The highest BCUT2D eigenvalue weighted by Crippen LogP contribution is 2.68. The SMILES string of the molecule is c1cc(OCC2CO2)c(OCC2CO2)c(C2(c3cccc(OCC4CO4)c3OCC3CO3)C3CC4CC(C3)CC2C4)c1. The maximum absolute atomic E-state index is 6.71. The standard InChI is InChI=1S/C34H40O8/c1-3-28(32(41-18-26-14-37-26)30(5-1)39-16-24-12-35-24)34(22-8-20-7-21(10-22)11-23(34)9-20)29-4-2-6-31(40-17-25-13-36-25)33(29)42-19-27-15-38-27/h1-6,20-27H,7-19H2. The maximum Gasteiger partial charge on any atom is 0.165 e. The van der Waals surface area contributed by atoms with E-state index in [0.717, 1.165) is 61.3 Å². The molecular weight excluding hydrogens is 536 g/mol. The predicted octanol–water partition coefficient (Wildman–Crippen LogP) is 4.54. The number of para-hydroxylation sites is 2. The van der Waals surface area contributed by atoms with Gasteiger partial charge in [0, 0.05) is 16.5 Å². The minimum absolute atomic E-state index is 0.144. The van der Waals surface area contributed by atoms with Crippen LogP contribution in [-0.2, 0) is 24.4 Å². The van der Waals surface area contributed by atoms with Crippen molar-refractivity contribution < 1.29 is 37.9 Å². The Morgan fingerprint density at radius 1 is 0.524 bits per heavy atom. The topological polar surface area (TPSA) is 87.0 Å². The van der Waals surface area contributed by atoms with Crippen LogP contribution in [0.5, 0.6) is 23.0 Å². The van der Waals surface area contributed by atoms with Crippen molar-refractivity contribution in [3.05, 3.63) is 47.5 Å². The van der Waals surface area contributed by atoms with E-state index in [4.69, 9.17) is 37.9 Å². The third-order valence-electron chi connectivity index (χ3n) is 10.6. The highest BCUT2D eigenvalue weighted by atomic mass is 16.6. The summed E-state index contributed by atoms with van der Waals surface area (Å²) in [5.74, 6) is 5.87. The second-order valence-corrected chi connectivity index (χ2v) is 13.5. The molecule has 8 heteroatoms. The summed E-state index contributed by atoms with van der Waals surface area (Å²) in [5.41, 5.74) is 2.17. The van der Waals surface area contributed by atoms with E-state index in [1.165, 1.54) is 43.2 Å². The number of hydrogen-bond acceptors (Lipinski definition) is 8. The van der Waals surface area contributed by atoms with Gasteiger partial charge in [-0.15, -0.1) is 0 Å². The molecule has 0 amide bonds. The summed E-state index contributed by atoms with van der Waals surface area (Å²) in [5, 5.41) is 0. The molecule has 4 heterocycles. The number of benzene rings is 2. The van der Waals surface area contributed by atoms with Gasteiger partial charge in [-0.2, -0.15) is 0 Å². The van der Waals surface area contributed by atoms with Crippen LogP contribution in [0, 0.1) is 23.7 Å². The molecule has 8 aliphatic rings. The molecule has 0 aromatic heterocycles. The minimum atomic E-state index is -0.280. The van der Waals surface area contributed by atoms with Crippen LogP contribution in [0.4, 0.5) is 0 Å². The molecule has 0 N–H and O–H groups in total. The van der Waals surface area contributed by atoms with Gasteiger partial charge in [0.1, 0.15) is 50.8 Å². The van der Waals surface area contributed by atoms with Crippen LogP contribution in [0.25, 0.3) is 0 Å². The zero-order chi connectivity index (χ0) is 27.7. The number of epoxide rings is 4. The van der Waals surface area contributed by atoms with E-state index in [1.54, 1.807) is 0 Å². The van der Waals surface area contributed by atoms with Gasteiger partial charge in [-0.3, -0.25) is 0 Å². The number of hydrogen-bond donors (Lipinski definition) is 0. The van der Waals surface area contributed by atoms with Gasteiger partial charge in [-0.25, -0.2) is 0 Å². The summed E-state index contributed by atoms with van der Waals surface area (Å²) in [4.78, 5) is 0. The van der Waals surface area contributed by atoms with E-state index in [0.29, 0.717) is 38.3 Å². The van der Waals surface area contributed by atoms with Crippen molar-refractivity contribution in [2.75, 3.05) is 52.9 Å². The van der Waals surface area contributed by atoms with Crippen LogP contribution in [0.15, 0.2) is 36.4 Å². The largest absolute Gasteiger partial charge is 0.487 e. The Balaban J connectivity index is 1.20. The third-order valence-corrected chi connectivity index (χ3v) is 10.6. The first-order chi connectivity index (χ1) is 20.7. The van der Waals surface area contributed by atoms with Crippen LogP contribution >= 0.6 is 0 Å². The Bertz CT molecular complexity index is 1200. The van der Waals surface area contributed by atoms with Crippen LogP contribution in [0.1, 0.15) is 43.2 Å². The van der Waals surface area contributed by atoms with Gasteiger partial charge in [0.2, 0.25) is 0 Å². The summed E-state index contributed by atoms with van der Waals surface area (Å²) in [6.07, 6.45) is 6.91. The first-order valence-corrected chi connectivity index (χ1v) is 16.0. The summed E-state index contributed by atoms with van der Waals surface area (Å²) in [6, 6.07) is 13.0. The lowest BCUT2D eigenvalue weighted by Crippen LogP contribution is -2.56. The molecule has 42 heavy (non-hydrogen) atoms. The maximum atomic E-state index is 6.71. The molecular formula is C34H40O8. The highest BCUT2D eigenvalue weighted by Gasteiger charge is 2.61. The minimum Gasteiger partial charge on any atom is -0.487 e. The van der Waals surface area contributed by atoms with Gasteiger partial charge >= 0.3 is 0 Å². The average molecular weight is 577 g/mol. The van der Waals surface area contributed by atoms with Gasteiger partial charge in [0.15, 0.2) is 23.0 Å². The monoisotopic (exact) mass is 576 g/mol. The Kier molecular flexibility index (Phi) is 6.35. The fourth-order valence-electron chi connectivity index (χ4n) is 8.54. The van der Waals surface area contributed by atoms with E-state index >= 15 is 0 Å². The van der Waals surface area contributed by atoms with Crippen molar-refractivity contribution in [1.29, 1.82) is 0 Å². The summed E-state index contributed by atoms with van der Waals surface area (Å²) < 4.78 is 48.4. The molecule has 4 unspecified atom stereocenters. The molecule has 4 saturated carbocycles. The number of ether oxygens (including phenoxy) is 8. The van der Waals surface area contributed by atoms with Crippen molar-refractivity contribution >= 4 is 0 Å². The molecule has 2 aromatic carbocycles. The van der Waals surface area contributed by atoms with Gasteiger partial charge < -0.3 is 37.9 Å². The van der Waals surface area contributed by atoms with Crippen molar-refractivity contribution in [1.82, 2.24) is 0 Å². The molecule has 4 bridgehead atoms. The first-order valence-electron chi connectivity index (χ1n) is 16.0. The van der Waals surface area contributed by atoms with Crippen molar-refractivity contribution in [2.45, 2.75) is 61.9 Å². The molecule has 2 aromatic rings. The van der Waals surface area contributed by atoms with E-state index in [1.807, 2.05) is 0 Å². The predicted molar refractivity (Wildman–Crippen MR) is 152 cm³/mol. The zero-order valence-corrected chi connectivity index (χ0v) is 24.0. The smallest absolute Gasteiger partial charge is 0.165 e. The highest BCUT2D eigenvalue weighted by molar-refractivity contribution is 5.61. The van der Waals surface area contributed by atoms with E-state index in [9.17, 15) is 0 Å². The summed E-state index contributed by atoms with van der Waals surface area (Å²) >= 11 is 0. The number of rotatable bonds is 14. The summed E-state index contributed by atoms with van der Waals surface area (Å²) in [6.45, 7) is 5.13. The van der Waals surface area contributed by atoms with Crippen LogP contribution in [0.3, 0.4) is 0 Å². The molecule has 4 atom stereocenters. The van der Waals surface area contributed by atoms with Gasteiger partial charge in [0.25, 0.3) is 0 Å².